The average Bonchev–Trinajstić information content (AvgIpc) is 2.45. The standard InChI is InChI=1S/C13H19BrO3Si/c1-6-17-13-8(2)11(15)10(12(13)16)9(7-14)18(3,4)5/h6-7H2,1-5H3/b10-9-. The lowest BCUT2D eigenvalue weighted by atomic mass is 10.1. The van der Waals surface area contributed by atoms with Crippen LogP contribution in [0.5, 0.6) is 0 Å². The maximum Gasteiger partial charge on any atom is 0.231 e. The number of allylic oxidation sites excluding steroid dienone is 3. The third kappa shape index (κ3) is 2.67. The number of rotatable bonds is 4. The Morgan fingerprint density at radius 1 is 1.22 bits per heavy atom. The number of Topliss-reactive ketones (excluding diaryl/α,β-unsaturated/α-hetero) is 2. The van der Waals surface area contributed by atoms with Crippen molar-refractivity contribution in [2.24, 2.45) is 0 Å². The van der Waals surface area contributed by atoms with Crippen molar-refractivity contribution in [3.05, 3.63) is 22.1 Å². The van der Waals surface area contributed by atoms with Crippen molar-refractivity contribution in [2.75, 3.05) is 11.9 Å². The Hall–Kier alpha value is -0.683. The molecular weight excluding hydrogens is 312 g/mol. The second kappa shape index (κ2) is 5.53. The van der Waals surface area contributed by atoms with Gasteiger partial charge in [0.25, 0.3) is 0 Å². The zero-order valence-electron chi connectivity index (χ0n) is 11.5. The van der Waals surface area contributed by atoms with Gasteiger partial charge in [-0.3, -0.25) is 9.59 Å². The number of ketones is 2. The van der Waals surface area contributed by atoms with E-state index in [2.05, 4.69) is 35.6 Å². The molecule has 0 atom stereocenters. The van der Waals surface area contributed by atoms with Crippen molar-refractivity contribution in [1.82, 2.24) is 0 Å². The Morgan fingerprint density at radius 3 is 2.17 bits per heavy atom. The first kappa shape index (κ1) is 15.4. The molecule has 0 aliphatic heterocycles. The van der Waals surface area contributed by atoms with E-state index >= 15 is 0 Å². The average molecular weight is 331 g/mol. The van der Waals surface area contributed by atoms with Crippen LogP contribution in [-0.2, 0) is 14.3 Å². The van der Waals surface area contributed by atoms with Crippen LogP contribution >= 0.6 is 15.9 Å². The normalized spacial score (nSPS) is 19.7. The van der Waals surface area contributed by atoms with E-state index in [1.165, 1.54) is 0 Å². The van der Waals surface area contributed by atoms with Crippen molar-refractivity contribution >= 4 is 35.6 Å². The van der Waals surface area contributed by atoms with Crippen LogP contribution in [0.15, 0.2) is 22.1 Å². The molecule has 0 fully saturated rings. The first-order valence-corrected chi connectivity index (χ1v) is 10.6. The van der Waals surface area contributed by atoms with E-state index in [1.54, 1.807) is 6.92 Å². The smallest absolute Gasteiger partial charge is 0.231 e. The number of ether oxygens (including phenoxy) is 1. The van der Waals surface area contributed by atoms with Gasteiger partial charge in [-0.2, -0.15) is 0 Å². The molecule has 0 aromatic rings. The van der Waals surface area contributed by atoms with Gasteiger partial charge < -0.3 is 4.74 Å². The van der Waals surface area contributed by atoms with Gasteiger partial charge in [-0.1, -0.05) is 40.8 Å². The fourth-order valence-electron chi connectivity index (χ4n) is 1.91. The maximum absolute atomic E-state index is 12.3. The van der Waals surface area contributed by atoms with Gasteiger partial charge in [-0.15, -0.1) is 0 Å². The summed E-state index contributed by atoms with van der Waals surface area (Å²) in [4.78, 5) is 24.5. The largest absolute Gasteiger partial charge is 0.489 e. The minimum absolute atomic E-state index is 0.166. The van der Waals surface area contributed by atoms with E-state index in [4.69, 9.17) is 4.74 Å². The Bertz CT molecular complexity index is 455. The molecule has 1 aliphatic carbocycles. The second-order valence-electron chi connectivity index (χ2n) is 5.28. The van der Waals surface area contributed by atoms with Crippen LogP contribution in [0.2, 0.25) is 19.6 Å². The fourth-order valence-corrected chi connectivity index (χ4v) is 6.09. The quantitative estimate of drug-likeness (QED) is 0.344. The van der Waals surface area contributed by atoms with Gasteiger partial charge in [-0.25, -0.2) is 0 Å². The molecule has 0 saturated heterocycles. The molecule has 5 heteroatoms. The highest BCUT2D eigenvalue weighted by molar-refractivity contribution is 9.09. The van der Waals surface area contributed by atoms with E-state index < -0.39 is 8.07 Å². The second-order valence-corrected chi connectivity index (χ2v) is 10.9. The van der Waals surface area contributed by atoms with Crippen molar-refractivity contribution in [2.45, 2.75) is 33.5 Å². The number of hydrogen-bond acceptors (Lipinski definition) is 3. The van der Waals surface area contributed by atoms with Gasteiger partial charge in [0, 0.05) is 10.9 Å². The highest BCUT2D eigenvalue weighted by Crippen LogP contribution is 2.31. The molecule has 0 radical (unpaired) electrons. The molecule has 100 valence electrons. The zero-order valence-corrected chi connectivity index (χ0v) is 14.1. The third-order valence-electron chi connectivity index (χ3n) is 2.97. The van der Waals surface area contributed by atoms with Gasteiger partial charge in [0.1, 0.15) is 0 Å². The molecule has 0 heterocycles. The van der Waals surface area contributed by atoms with Crippen LogP contribution in [0, 0.1) is 0 Å². The van der Waals surface area contributed by atoms with Crippen LogP contribution in [0.1, 0.15) is 13.8 Å². The molecule has 0 bridgehead atoms. The summed E-state index contributed by atoms with van der Waals surface area (Å²) >= 11 is 3.41. The summed E-state index contributed by atoms with van der Waals surface area (Å²) in [5.41, 5.74) is 0.778. The van der Waals surface area contributed by atoms with E-state index in [1.807, 2.05) is 6.92 Å². The summed E-state index contributed by atoms with van der Waals surface area (Å²) in [7, 11) is -1.71. The van der Waals surface area contributed by atoms with Crippen molar-refractivity contribution < 1.29 is 14.3 Å². The Balaban J connectivity index is 3.36. The molecule has 1 aliphatic rings. The molecule has 1 rings (SSSR count). The van der Waals surface area contributed by atoms with Gasteiger partial charge in [0.15, 0.2) is 11.5 Å². The number of hydrogen-bond donors (Lipinski definition) is 0. The van der Waals surface area contributed by atoms with Gasteiger partial charge in [0.2, 0.25) is 5.78 Å². The lowest BCUT2D eigenvalue weighted by Crippen LogP contribution is -2.29. The number of alkyl halides is 1. The number of halogens is 1. The van der Waals surface area contributed by atoms with Crippen LogP contribution in [0.3, 0.4) is 0 Å². The predicted molar refractivity (Wildman–Crippen MR) is 78.5 cm³/mol. The topological polar surface area (TPSA) is 43.4 Å². The SMILES string of the molecule is CCOC1=C(C)C(=O)/C(=C(\CBr)[Si](C)(C)C)C1=O. The molecule has 3 nitrogen and oxygen atoms in total. The Morgan fingerprint density at radius 2 is 1.78 bits per heavy atom. The Labute approximate surface area is 117 Å². The number of carbonyl (C=O) groups excluding carboxylic acids is 2. The summed E-state index contributed by atoms with van der Waals surface area (Å²) in [5.74, 6) is -0.175. The summed E-state index contributed by atoms with van der Waals surface area (Å²) in [5, 5.41) is 1.54. The van der Waals surface area contributed by atoms with Gasteiger partial charge in [0.05, 0.1) is 20.3 Å². The Kier molecular flexibility index (Phi) is 4.72. The lowest BCUT2D eigenvalue weighted by Gasteiger charge is -2.21. The highest BCUT2D eigenvalue weighted by Gasteiger charge is 2.39. The van der Waals surface area contributed by atoms with Crippen LogP contribution in [-0.4, -0.2) is 31.6 Å². The van der Waals surface area contributed by atoms with Crippen LogP contribution < -0.4 is 0 Å². The zero-order chi connectivity index (χ0) is 14.1. The van der Waals surface area contributed by atoms with Crippen molar-refractivity contribution in [3.63, 3.8) is 0 Å². The lowest BCUT2D eigenvalue weighted by molar-refractivity contribution is -0.117. The summed E-state index contributed by atoms with van der Waals surface area (Å²) in [6.45, 7) is 10.3. The molecule has 0 amide bonds. The summed E-state index contributed by atoms with van der Waals surface area (Å²) < 4.78 is 5.31. The first-order chi connectivity index (χ1) is 8.25. The van der Waals surface area contributed by atoms with Gasteiger partial charge >= 0.3 is 0 Å². The van der Waals surface area contributed by atoms with E-state index in [0.29, 0.717) is 23.1 Å². The molecular formula is C13H19BrO3Si. The van der Waals surface area contributed by atoms with Crippen LogP contribution in [0.25, 0.3) is 0 Å². The van der Waals surface area contributed by atoms with Crippen molar-refractivity contribution in [1.29, 1.82) is 0 Å². The molecule has 0 aromatic heterocycles. The summed E-state index contributed by atoms with van der Waals surface area (Å²) in [6.07, 6.45) is 0. The predicted octanol–water partition coefficient (Wildman–Crippen LogP) is 3.02. The fraction of sp³-hybridized carbons (Fsp3) is 0.538. The first-order valence-electron chi connectivity index (χ1n) is 5.98. The van der Waals surface area contributed by atoms with Crippen molar-refractivity contribution in [3.8, 4) is 0 Å². The molecule has 0 aromatic carbocycles. The van der Waals surface area contributed by atoms with E-state index in [9.17, 15) is 9.59 Å². The minimum atomic E-state index is -1.71. The highest BCUT2D eigenvalue weighted by atomic mass is 79.9. The molecule has 0 unspecified atom stereocenters. The van der Waals surface area contributed by atoms with E-state index in [0.717, 1.165) is 5.20 Å². The number of carbonyl (C=O) groups is 2. The van der Waals surface area contributed by atoms with Gasteiger partial charge in [-0.05, 0) is 13.8 Å². The monoisotopic (exact) mass is 330 g/mol. The third-order valence-corrected chi connectivity index (χ3v) is 6.29. The van der Waals surface area contributed by atoms with Crippen LogP contribution in [0.4, 0.5) is 0 Å². The molecule has 0 saturated carbocycles. The summed E-state index contributed by atoms with van der Waals surface area (Å²) in [6, 6.07) is 0. The molecule has 0 N–H and O–H groups in total. The molecule has 18 heavy (non-hydrogen) atoms. The maximum atomic E-state index is 12.3. The minimum Gasteiger partial charge on any atom is -0.489 e. The molecule has 0 spiro atoms. The van der Waals surface area contributed by atoms with E-state index in [-0.39, 0.29) is 17.3 Å².